The second-order valence-electron chi connectivity index (χ2n) is 5.21. The molecule has 2 N–H and O–H groups in total. The summed E-state index contributed by atoms with van der Waals surface area (Å²) in [7, 11) is 1.36. The maximum atomic E-state index is 13.3. The van der Waals surface area contributed by atoms with Crippen LogP contribution in [-0.4, -0.2) is 33.3 Å². The third-order valence-corrected chi connectivity index (χ3v) is 4.24. The van der Waals surface area contributed by atoms with Crippen molar-refractivity contribution in [3.05, 3.63) is 52.5 Å². The van der Waals surface area contributed by atoms with Gasteiger partial charge in [0.15, 0.2) is 0 Å². The number of amides is 1. The molecular weight excluding hydrogens is 391 g/mol. The number of aliphatic hydroxyl groups is 1. The average Bonchev–Trinajstić information content (AvgIpc) is 2.92. The van der Waals surface area contributed by atoms with Crippen LogP contribution in [0.15, 0.2) is 41.1 Å². The number of hydrogen-bond donors (Lipinski definition) is 2. The monoisotopic (exact) mass is 405 g/mol. The van der Waals surface area contributed by atoms with Crippen molar-refractivity contribution in [3.8, 4) is 0 Å². The first kappa shape index (κ1) is 18.5. The van der Waals surface area contributed by atoms with Gasteiger partial charge < -0.3 is 15.0 Å². The largest absolute Gasteiger partial charge is 0.424 e. The molecular formula is C15H15BrF3N3O2. The predicted octanol–water partition coefficient (Wildman–Crippen LogP) is 2.75. The van der Waals surface area contributed by atoms with Crippen LogP contribution in [0.5, 0.6) is 0 Å². The van der Waals surface area contributed by atoms with Crippen molar-refractivity contribution >= 4 is 21.8 Å². The Balaban J connectivity index is 2.11. The number of carbonyl (C=O) groups excluding carboxylic acids is 1. The third kappa shape index (κ3) is 3.62. The molecule has 130 valence electrons. The number of alkyl halides is 3. The van der Waals surface area contributed by atoms with Crippen molar-refractivity contribution < 1.29 is 23.1 Å². The Morgan fingerprint density at radius 2 is 2.04 bits per heavy atom. The summed E-state index contributed by atoms with van der Waals surface area (Å²) in [6.07, 6.45) is -3.20. The molecule has 0 fully saturated rings. The molecule has 0 saturated heterocycles. The number of rotatable bonds is 5. The van der Waals surface area contributed by atoms with Gasteiger partial charge in [-0.1, -0.05) is 12.1 Å². The van der Waals surface area contributed by atoms with E-state index in [1.165, 1.54) is 25.5 Å². The summed E-state index contributed by atoms with van der Waals surface area (Å²) in [5.41, 5.74) is -2.85. The number of halogens is 4. The van der Waals surface area contributed by atoms with Crippen molar-refractivity contribution in [2.24, 2.45) is 7.05 Å². The smallest absolute Gasteiger partial charge is 0.374 e. The predicted molar refractivity (Wildman–Crippen MR) is 84.3 cm³/mol. The zero-order chi connectivity index (χ0) is 18.0. The highest BCUT2D eigenvalue weighted by Gasteiger charge is 2.57. The van der Waals surface area contributed by atoms with E-state index < -0.39 is 29.9 Å². The fourth-order valence-electron chi connectivity index (χ4n) is 2.24. The highest BCUT2D eigenvalue weighted by Crippen LogP contribution is 2.40. The van der Waals surface area contributed by atoms with Gasteiger partial charge in [0, 0.05) is 36.9 Å². The van der Waals surface area contributed by atoms with Crippen LogP contribution in [0.1, 0.15) is 22.6 Å². The number of imidazole rings is 1. The van der Waals surface area contributed by atoms with Crippen molar-refractivity contribution in [1.29, 1.82) is 0 Å². The second kappa shape index (κ2) is 6.94. The minimum atomic E-state index is -4.93. The minimum absolute atomic E-state index is 0.296. The summed E-state index contributed by atoms with van der Waals surface area (Å²) in [4.78, 5) is 15.6. The van der Waals surface area contributed by atoms with E-state index in [0.717, 1.165) is 4.57 Å². The van der Waals surface area contributed by atoms with E-state index >= 15 is 0 Å². The standard InChI is InChI=1S/C15H15BrF3N3O2/c1-22-9-8-21-13(22)14(24,15(17,18)19)6-7-20-12(23)10-4-2-3-5-11(10)16/h2-5,8-9,24H,6-7H2,1H3,(H,20,23). The first-order valence-electron chi connectivity index (χ1n) is 6.96. The number of benzene rings is 1. The lowest BCUT2D eigenvalue weighted by Crippen LogP contribution is -2.46. The molecule has 1 aromatic heterocycles. The van der Waals surface area contributed by atoms with E-state index in [-0.39, 0.29) is 6.54 Å². The maximum Gasteiger partial charge on any atom is 0.424 e. The van der Waals surface area contributed by atoms with Crippen LogP contribution >= 0.6 is 15.9 Å². The van der Waals surface area contributed by atoms with E-state index in [2.05, 4.69) is 26.2 Å². The second-order valence-corrected chi connectivity index (χ2v) is 6.06. The Hall–Kier alpha value is -1.87. The molecule has 0 aliphatic heterocycles. The van der Waals surface area contributed by atoms with E-state index in [9.17, 15) is 23.1 Å². The Labute approximate surface area is 144 Å². The lowest BCUT2D eigenvalue weighted by Gasteiger charge is -2.30. The molecule has 1 unspecified atom stereocenters. The number of nitrogens with one attached hydrogen (secondary N) is 1. The topological polar surface area (TPSA) is 67.2 Å². The molecule has 9 heteroatoms. The quantitative estimate of drug-likeness (QED) is 0.803. The maximum absolute atomic E-state index is 13.3. The molecule has 0 radical (unpaired) electrons. The summed E-state index contributed by atoms with van der Waals surface area (Å²) < 4.78 is 41.6. The Kier molecular flexibility index (Phi) is 5.34. The normalized spacial score (nSPS) is 14.2. The Morgan fingerprint density at radius 1 is 1.38 bits per heavy atom. The van der Waals surface area contributed by atoms with Crippen molar-refractivity contribution in [3.63, 3.8) is 0 Å². The van der Waals surface area contributed by atoms with Crippen LogP contribution in [0.25, 0.3) is 0 Å². The summed E-state index contributed by atoms with van der Waals surface area (Å²) in [5, 5.41) is 12.5. The van der Waals surface area contributed by atoms with Crippen LogP contribution in [0.3, 0.4) is 0 Å². The van der Waals surface area contributed by atoms with Crippen molar-refractivity contribution in [1.82, 2.24) is 14.9 Å². The van der Waals surface area contributed by atoms with Gasteiger partial charge in [-0.05, 0) is 28.1 Å². The highest BCUT2D eigenvalue weighted by molar-refractivity contribution is 9.10. The summed E-state index contributed by atoms with van der Waals surface area (Å²) in [6, 6.07) is 6.53. The number of aromatic nitrogens is 2. The number of carbonyl (C=O) groups is 1. The molecule has 0 spiro atoms. The molecule has 0 aliphatic rings. The van der Waals surface area contributed by atoms with Crippen molar-refractivity contribution in [2.45, 2.75) is 18.2 Å². The molecule has 2 aromatic rings. The zero-order valence-corrected chi connectivity index (χ0v) is 14.2. The van der Waals surface area contributed by atoms with Gasteiger partial charge in [-0.3, -0.25) is 4.79 Å². The molecule has 5 nitrogen and oxygen atoms in total. The van der Waals surface area contributed by atoms with Gasteiger partial charge in [-0.15, -0.1) is 0 Å². The molecule has 0 aliphatic carbocycles. The summed E-state index contributed by atoms with van der Waals surface area (Å²) >= 11 is 3.20. The van der Waals surface area contributed by atoms with E-state index in [4.69, 9.17) is 0 Å². The molecule has 0 bridgehead atoms. The number of nitrogens with zero attached hydrogens (tertiary/aromatic N) is 2. The van der Waals surface area contributed by atoms with E-state index in [0.29, 0.717) is 10.0 Å². The highest BCUT2D eigenvalue weighted by atomic mass is 79.9. The van der Waals surface area contributed by atoms with Gasteiger partial charge >= 0.3 is 6.18 Å². The summed E-state index contributed by atoms with van der Waals surface area (Å²) in [6.45, 7) is -0.372. The molecule has 1 heterocycles. The third-order valence-electron chi connectivity index (χ3n) is 3.55. The Bertz CT molecular complexity index is 733. The lowest BCUT2D eigenvalue weighted by molar-refractivity contribution is -0.272. The van der Waals surface area contributed by atoms with Crippen LogP contribution in [-0.2, 0) is 12.6 Å². The van der Waals surface area contributed by atoms with Gasteiger partial charge in [0.25, 0.3) is 5.91 Å². The van der Waals surface area contributed by atoms with Crippen LogP contribution in [0, 0.1) is 0 Å². The zero-order valence-electron chi connectivity index (χ0n) is 12.6. The van der Waals surface area contributed by atoms with Gasteiger partial charge in [0.05, 0.1) is 5.56 Å². The van der Waals surface area contributed by atoms with Crippen molar-refractivity contribution in [2.75, 3.05) is 6.54 Å². The fourth-order valence-corrected chi connectivity index (χ4v) is 2.71. The van der Waals surface area contributed by atoms with Gasteiger partial charge in [-0.25, -0.2) is 4.98 Å². The molecule has 1 atom stereocenters. The molecule has 2 rings (SSSR count). The number of aryl methyl sites for hydroxylation is 1. The molecule has 1 aromatic carbocycles. The van der Waals surface area contributed by atoms with E-state index in [1.807, 2.05) is 0 Å². The first-order chi connectivity index (χ1) is 11.2. The van der Waals surface area contributed by atoms with Gasteiger partial charge in [0.2, 0.25) is 5.60 Å². The minimum Gasteiger partial charge on any atom is -0.374 e. The SMILES string of the molecule is Cn1ccnc1C(O)(CCNC(=O)c1ccccc1Br)C(F)(F)F. The molecule has 0 saturated carbocycles. The number of hydrogen-bond acceptors (Lipinski definition) is 3. The molecule has 1 amide bonds. The van der Waals surface area contributed by atoms with Crippen LogP contribution in [0.2, 0.25) is 0 Å². The van der Waals surface area contributed by atoms with Crippen LogP contribution in [0.4, 0.5) is 13.2 Å². The lowest BCUT2D eigenvalue weighted by atomic mass is 9.97. The Morgan fingerprint density at radius 3 is 2.58 bits per heavy atom. The van der Waals surface area contributed by atoms with Crippen LogP contribution < -0.4 is 5.32 Å². The average molecular weight is 406 g/mol. The first-order valence-corrected chi connectivity index (χ1v) is 7.76. The fraction of sp³-hybridized carbons (Fsp3) is 0.333. The molecule has 24 heavy (non-hydrogen) atoms. The van der Waals surface area contributed by atoms with E-state index in [1.54, 1.807) is 18.2 Å². The van der Waals surface area contributed by atoms with Gasteiger partial charge in [-0.2, -0.15) is 13.2 Å². The van der Waals surface area contributed by atoms with Gasteiger partial charge in [0.1, 0.15) is 5.82 Å². The summed E-state index contributed by atoms with van der Waals surface area (Å²) in [5.74, 6) is -1.06.